The van der Waals surface area contributed by atoms with E-state index in [-0.39, 0.29) is 0 Å². The van der Waals surface area contributed by atoms with E-state index in [1.807, 2.05) is 3.33 Å². The number of hydrogen-bond donors (Lipinski definition) is 0. The van der Waals surface area contributed by atoms with E-state index in [0.717, 1.165) is 0 Å². The average molecular weight is 345 g/mol. The van der Waals surface area contributed by atoms with Crippen LogP contribution < -0.4 is 0 Å². The molecule has 0 aromatic rings. The van der Waals surface area contributed by atoms with Crippen LogP contribution in [0.5, 0.6) is 0 Å². The van der Waals surface area contributed by atoms with Gasteiger partial charge in [-0.3, -0.25) is 0 Å². The minimum atomic E-state index is -1.94. The Labute approximate surface area is 87.4 Å². The van der Waals surface area contributed by atoms with Crippen LogP contribution in [0.15, 0.2) is 21.1 Å². The predicted octanol–water partition coefficient (Wildman–Crippen LogP) is 4.69. The number of hydrogen-bond acceptors (Lipinski definition) is 0. The Balaban J connectivity index is 2.95. The summed E-state index contributed by atoms with van der Waals surface area (Å²) >= 11 is -1.94. The maximum atomic E-state index is 2.42. The van der Waals surface area contributed by atoms with Crippen LogP contribution in [0, 0.1) is 0 Å². The fourth-order valence-corrected chi connectivity index (χ4v) is 17.9. The van der Waals surface area contributed by atoms with Crippen molar-refractivity contribution in [2.75, 3.05) is 0 Å². The van der Waals surface area contributed by atoms with E-state index in [1.165, 1.54) is 19.0 Å². The van der Waals surface area contributed by atoms with Crippen LogP contribution in [-0.4, -0.2) is 0 Å². The van der Waals surface area contributed by atoms with Gasteiger partial charge in [0.05, 0.1) is 0 Å². The Morgan fingerprint density at radius 3 is 2.00 bits per heavy atom. The second kappa shape index (κ2) is 4.72. The molecule has 0 amide bonds. The molecule has 0 fully saturated rings. The Hall–Kier alpha value is 0.350. The van der Waals surface area contributed by atoms with Crippen molar-refractivity contribution in [1.82, 2.24) is 0 Å². The van der Waals surface area contributed by atoms with Gasteiger partial charge < -0.3 is 0 Å². The fraction of sp³-hybridized carbons (Fsp3) is 0.667. The molecule has 0 nitrogen and oxygen atoms in total. The van der Waals surface area contributed by atoms with Gasteiger partial charge in [-0.05, 0) is 0 Å². The van der Waals surface area contributed by atoms with Crippen molar-refractivity contribution in [3.63, 3.8) is 0 Å². The van der Waals surface area contributed by atoms with Crippen molar-refractivity contribution in [2.45, 2.75) is 46.6 Å². The van der Waals surface area contributed by atoms with Crippen LogP contribution >= 0.6 is 0 Å². The van der Waals surface area contributed by atoms with E-state index in [1.54, 1.807) is 5.57 Å². The molecule has 0 N–H and O–H groups in total. The molecular weight excluding hydrogens is 323 g/mol. The molecular formula is C12H22Hf. The quantitative estimate of drug-likeness (QED) is 0.649. The SMILES string of the molecule is C[CH2][Hf]([CH2]C)([CH2]C)[C]1=C(C)C=CC1. The zero-order chi connectivity index (χ0) is 9.90. The first-order chi connectivity index (χ1) is 6.20. The Bertz CT molecular complexity index is 223. The van der Waals surface area contributed by atoms with Crippen LogP contribution in [0.25, 0.3) is 0 Å². The van der Waals surface area contributed by atoms with Gasteiger partial charge in [-0.2, -0.15) is 0 Å². The first-order valence-electron chi connectivity index (χ1n) is 5.57. The first kappa shape index (κ1) is 11.4. The van der Waals surface area contributed by atoms with Gasteiger partial charge in [0, 0.05) is 0 Å². The summed E-state index contributed by atoms with van der Waals surface area (Å²) in [5.74, 6) is 0. The summed E-state index contributed by atoms with van der Waals surface area (Å²) in [6.45, 7) is 9.59. The molecule has 0 saturated heterocycles. The molecule has 0 aromatic carbocycles. The molecule has 0 bridgehead atoms. The fourth-order valence-electron chi connectivity index (χ4n) is 2.64. The summed E-state index contributed by atoms with van der Waals surface area (Å²) in [5.41, 5.74) is 1.62. The third kappa shape index (κ3) is 2.06. The Morgan fingerprint density at radius 2 is 1.69 bits per heavy atom. The van der Waals surface area contributed by atoms with E-state index in [4.69, 9.17) is 0 Å². The van der Waals surface area contributed by atoms with Gasteiger partial charge in [-0.1, -0.05) is 0 Å². The van der Waals surface area contributed by atoms with Crippen LogP contribution in [0.3, 0.4) is 0 Å². The molecule has 1 heteroatoms. The first-order valence-corrected chi connectivity index (χ1v) is 15.0. The van der Waals surface area contributed by atoms with Gasteiger partial charge in [0.15, 0.2) is 0 Å². The molecule has 74 valence electrons. The van der Waals surface area contributed by atoms with Crippen molar-refractivity contribution >= 4 is 0 Å². The molecule has 0 saturated carbocycles. The zero-order valence-corrected chi connectivity index (χ0v) is 13.1. The van der Waals surface area contributed by atoms with Crippen molar-refractivity contribution in [2.24, 2.45) is 0 Å². The van der Waals surface area contributed by atoms with Gasteiger partial charge in [0.1, 0.15) is 0 Å². The second-order valence-corrected chi connectivity index (χ2v) is 23.1. The molecule has 1 rings (SSSR count). The normalized spacial score (nSPS) is 17.2. The number of allylic oxidation sites excluding steroid dienone is 4. The van der Waals surface area contributed by atoms with Crippen molar-refractivity contribution < 1.29 is 20.0 Å². The van der Waals surface area contributed by atoms with Crippen LogP contribution in [0.1, 0.15) is 34.1 Å². The summed E-state index contributed by atoms with van der Waals surface area (Å²) in [5, 5.41) is 0. The van der Waals surface area contributed by atoms with Crippen LogP contribution in [0.2, 0.25) is 12.5 Å². The number of rotatable bonds is 4. The summed E-state index contributed by atoms with van der Waals surface area (Å²) in [6, 6.07) is 0. The van der Waals surface area contributed by atoms with E-state index < -0.39 is 20.0 Å². The van der Waals surface area contributed by atoms with Crippen molar-refractivity contribution in [3.05, 3.63) is 21.1 Å². The molecule has 1 aliphatic rings. The summed E-state index contributed by atoms with van der Waals surface area (Å²) in [4.78, 5) is 0. The molecule has 1 aliphatic carbocycles. The topological polar surface area (TPSA) is 0 Å². The minimum absolute atomic E-state index is 1.29. The third-order valence-electron chi connectivity index (χ3n) is 3.84. The zero-order valence-electron chi connectivity index (χ0n) is 9.48. The second-order valence-electron chi connectivity index (χ2n) is 4.11. The molecule has 0 unspecified atom stereocenters. The molecule has 0 aliphatic heterocycles. The maximum absolute atomic E-state index is 2.42. The predicted molar refractivity (Wildman–Crippen MR) is 57.9 cm³/mol. The van der Waals surface area contributed by atoms with Gasteiger partial charge in [0.2, 0.25) is 0 Å². The van der Waals surface area contributed by atoms with Gasteiger partial charge in [-0.15, -0.1) is 0 Å². The van der Waals surface area contributed by atoms with Crippen molar-refractivity contribution in [3.8, 4) is 0 Å². The van der Waals surface area contributed by atoms with E-state index in [0.29, 0.717) is 0 Å². The molecule has 0 aromatic heterocycles. The summed E-state index contributed by atoms with van der Waals surface area (Å²) < 4.78 is 6.44. The monoisotopic (exact) mass is 346 g/mol. The summed E-state index contributed by atoms with van der Waals surface area (Å²) in [6.07, 6.45) is 5.99. The Kier molecular flexibility index (Phi) is 4.15. The third-order valence-corrected chi connectivity index (χ3v) is 25.2. The molecule has 0 radical (unpaired) electrons. The van der Waals surface area contributed by atoms with Crippen molar-refractivity contribution in [1.29, 1.82) is 0 Å². The molecule has 0 spiro atoms. The van der Waals surface area contributed by atoms with Gasteiger partial charge in [0.25, 0.3) is 0 Å². The Morgan fingerprint density at radius 1 is 1.15 bits per heavy atom. The standard InChI is InChI=1S/C6H7.3C2H5.Hf/c1-6-4-2-3-5-6;3*1-2;/h2,4H,3H2,1H3;3*1H2,2H3;. The van der Waals surface area contributed by atoms with Crippen LogP contribution in [-0.2, 0) is 20.0 Å². The van der Waals surface area contributed by atoms with Crippen LogP contribution in [0.4, 0.5) is 0 Å². The molecule has 0 heterocycles. The molecule has 13 heavy (non-hydrogen) atoms. The summed E-state index contributed by atoms with van der Waals surface area (Å²) in [7, 11) is 0. The van der Waals surface area contributed by atoms with E-state index >= 15 is 0 Å². The van der Waals surface area contributed by atoms with E-state index in [2.05, 4.69) is 39.8 Å². The van der Waals surface area contributed by atoms with E-state index in [9.17, 15) is 0 Å². The van der Waals surface area contributed by atoms with Gasteiger partial charge in [-0.25, -0.2) is 0 Å². The molecule has 0 atom stereocenters. The average Bonchev–Trinajstić information content (AvgIpc) is 2.57. The van der Waals surface area contributed by atoms with Gasteiger partial charge >= 0.3 is 87.7 Å².